The van der Waals surface area contributed by atoms with E-state index in [9.17, 15) is 19.3 Å². The van der Waals surface area contributed by atoms with Gasteiger partial charge in [0.15, 0.2) is 0 Å². The van der Waals surface area contributed by atoms with Crippen LogP contribution in [0.25, 0.3) is 10.9 Å². The first kappa shape index (κ1) is 21.3. The lowest BCUT2D eigenvalue weighted by molar-refractivity contribution is -0.384. The van der Waals surface area contributed by atoms with E-state index in [1.165, 1.54) is 18.2 Å². The van der Waals surface area contributed by atoms with Crippen LogP contribution in [0.5, 0.6) is 0 Å². The zero-order chi connectivity index (χ0) is 22.0. The Hall–Kier alpha value is -2.97. The Morgan fingerprint density at radius 3 is 2.71 bits per heavy atom. The quantitative estimate of drug-likeness (QED) is 0.435. The summed E-state index contributed by atoms with van der Waals surface area (Å²) >= 11 is 6.30. The zero-order valence-corrected chi connectivity index (χ0v) is 17.5. The molecule has 2 heterocycles. The molecule has 0 bridgehead atoms. The molecule has 1 unspecified atom stereocenters. The van der Waals surface area contributed by atoms with E-state index in [1.807, 2.05) is 0 Å². The van der Waals surface area contributed by atoms with Gasteiger partial charge in [0, 0.05) is 46.4 Å². The van der Waals surface area contributed by atoms with Gasteiger partial charge in [0.2, 0.25) is 5.91 Å². The van der Waals surface area contributed by atoms with Crippen molar-refractivity contribution >= 4 is 34.1 Å². The summed E-state index contributed by atoms with van der Waals surface area (Å²) in [4.78, 5) is 25.3. The standard InChI is InChI=1S/C22H22ClFN4O3/c23-17-4-3-5-18(24)22(17)20(26-9-1-2-10-26)13-25-21(29)14-27-11-8-15-12-16(28(30)31)6-7-19(15)27/h3-8,11-12,20H,1-2,9-10,13-14H2,(H,25,29). The number of non-ortho nitro benzene ring substituents is 1. The predicted molar refractivity (Wildman–Crippen MR) is 117 cm³/mol. The van der Waals surface area contributed by atoms with E-state index in [1.54, 1.807) is 35.0 Å². The van der Waals surface area contributed by atoms with Crippen LogP contribution in [-0.2, 0) is 11.3 Å². The van der Waals surface area contributed by atoms with E-state index >= 15 is 0 Å². The maximum Gasteiger partial charge on any atom is 0.270 e. The number of halogens is 2. The summed E-state index contributed by atoms with van der Waals surface area (Å²) in [5, 5.41) is 14.9. The number of aromatic nitrogens is 1. The number of nitrogens with one attached hydrogen (secondary N) is 1. The lowest BCUT2D eigenvalue weighted by atomic mass is 10.0. The molecule has 1 N–H and O–H groups in total. The maximum absolute atomic E-state index is 14.6. The normalized spacial score (nSPS) is 15.3. The Labute approximate surface area is 183 Å². The van der Waals surface area contributed by atoms with Gasteiger partial charge < -0.3 is 9.88 Å². The van der Waals surface area contributed by atoms with Crippen molar-refractivity contribution in [3.05, 3.63) is 75.2 Å². The van der Waals surface area contributed by atoms with E-state index in [2.05, 4.69) is 10.2 Å². The highest BCUT2D eigenvalue weighted by molar-refractivity contribution is 6.31. The number of nitrogens with zero attached hydrogens (tertiary/aromatic N) is 3. The number of carbonyl (C=O) groups excluding carboxylic acids is 1. The van der Waals surface area contributed by atoms with Crippen molar-refractivity contribution < 1.29 is 14.1 Å². The smallest absolute Gasteiger partial charge is 0.270 e. The molecule has 1 aliphatic rings. The molecule has 0 spiro atoms. The Balaban J connectivity index is 1.48. The van der Waals surface area contributed by atoms with Crippen LogP contribution in [0.4, 0.5) is 10.1 Å². The van der Waals surface area contributed by atoms with Crippen LogP contribution < -0.4 is 5.32 Å². The number of benzene rings is 2. The fourth-order valence-corrected chi connectivity index (χ4v) is 4.45. The van der Waals surface area contributed by atoms with Crippen LogP contribution >= 0.6 is 11.6 Å². The number of hydrogen-bond donors (Lipinski definition) is 1. The van der Waals surface area contributed by atoms with Crippen molar-refractivity contribution in [2.24, 2.45) is 0 Å². The second-order valence-electron chi connectivity index (χ2n) is 7.64. The first-order valence-corrected chi connectivity index (χ1v) is 10.5. The first-order valence-electron chi connectivity index (χ1n) is 10.1. The largest absolute Gasteiger partial charge is 0.353 e. The minimum Gasteiger partial charge on any atom is -0.353 e. The van der Waals surface area contributed by atoms with Crippen molar-refractivity contribution in [2.75, 3.05) is 19.6 Å². The van der Waals surface area contributed by atoms with Gasteiger partial charge in [-0.15, -0.1) is 0 Å². The number of likely N-dealkylation sites (tertiary alicyclic amines) is 1. The lowest BCUT2D eigenvalue weighted by Crippen LogP contribution is -2.38. The van der Waals surface area contributed by atoms with Gasteiger partial charge in [-0.2, -0.15) is 0 Å². The zero-order valence-electron chi connectivity index (χ0n) is 16.8. The molecular formula is C22H22ClFN4O3. The third-order valence-electron chi connectivity index (χ3n) is 5.69. The van der Waals surface area contributed by atoms with Crippen LogP contribution in [-0.4, -0.2) is 39.9 Å². The average molecular weight is 445 g/mol. The van der Waals surface area contributed by atoms with Gasteiger partial charge in [0.1, 0.15) is 12.4 Å². The molecule has 1 saturated heterocycles. The van der Waals surface area contributed by atoms with Crippen molar-refractivity contribution in [1.29, 1.82) is 0 Å². The van der Waals surface area contributed by atoms with Crippen molar-refractivity contribution in [2.45, 2.75) is 25.4 Å². The molecule has 1 aliphatic heterocycles. The molecule has 3 aromatic rings. The minimum atomic E-state index is -0.449. The maximum atomic E-state index is 14.6. The number of carbonyl (C=O) groups is 1. The summed E-state index contributed by atoms with van der Waals surface area (Å²) in [6.07, 6.45) is 3.77. The second-order valence-corrected chi connectivity index (χ2v) is 8.05. The van der Waals surface area contributed by atoms with Crippen LogP contribution in [0, 0.1) is 15.9 Å². The van der Waals surface area contributed by atoms with Crippen LogP contribution in [0.2, 0.25) is 5.02 Å². The monoisotopic (exact) mass is 444 g/mol. The van der Waals surface area contributed by atoms with E-state index < -0.39 is 4.92 Å². The van der Waals surface area contributed by atoms with E-state index in [-0.39, 0.29) is 36.5 Å². The number of nitro benzene ring substituents is 1. The predicted octanol–water partition coefficient (Wildman–Crippen LogP) is 4.30. The summed E-state index contributed by atoms with van der Waals surface area (Å²) in [5.74, 6) is -0.607. The Morgan fingerprint density at radius 2 is 2.00 bits per heavy atom. The second kappa shape index (κ2) is 9.03. The molecule has 162 valence electrons. The van der Waals surface area contributed by atoms with E-state index in [4.69, 9.17) is 11.6 Å². The molecule has 9 heteroatoms. The van der Waals surface area contributed by atoms with Gasteiger partial charge in [0.05, 0.1) is 11.0 Å². The van der Waals surface area contributed by atoms with Crippen LogP contribution in [0.1, 0.15) is 24.4 Å². The topological polar surface area (TPSA) is 80.4 Å². The Bertz CT molecular complexity index is 1110. The number of nitro groups is 1. The summed E-state index contributed by atoms with van der Waals surface area (Å²) < 4.78 is 16.3. The van der Waals surface area contributed by atoms with Gasteiger partial charge in [-0.3, -0.25) is 19.8 Å². The minimum absolute atomic E-state index is 0.00456. The first-order chi connectivity index (χ1) is 14.9. The number of rotatable bonds is 7. The van der Waals surface area contributed by atoms with E-state index in [0.29, 0.717) is 16.0 Å². The molecule has 1 amide bonds. The number of amides is 1. The van der Waals surface area contributed by atoms with E-state index in [0.717, 1.165) is 31.4 Å². The molecule has 1 atom stereocenters. The van der Waals surface area contributed by atoms with Crippen LogP contribution in [0.3, 0.4) is 0 Å². The molecule has 0 radical (unpaired) electrons. The van der Waals surface area contributed by atoms with Gasteiger partial charge in [-0.05, 0) is 50.2 Å². The van der Waals surface area contributed by atoms with Gasteiger partial charge >= 0.3 is 0 Å². The molecule has 0 aliphatic carbocycles. The molecule has 4 rings (SSSR count). The van der Waals surface area contributed by atoms with Gasteiger partial charge in [-0.1, -0.05) is 17.7 Å². The molecule has 0 saturated carbocycles. The van der Waals surface area contributed by atoms with Crippen molar-refractivity contribution in [3.63, 3.8) is 0 Å². The lowest BCUT2D eigenvalue weighted by Gasteiger charge is -2.29. The number of fused-ring (bicyclic) bond motifs is 1. The van der Waals surface area contributed by atoms with Crippen molar-refractivity contribution in [3.8, 4) is 0 Å². The number of hydrogen-bond acceptors (Lipinski definition) is 4. The highest BCUT2D eigenvalue weighted by atomic mass is 35.5. The fourth-order valence-electron chi connectivity index (χ4n) is 4.16. The summed E-state index contributed by atoms with van der Waals surface area (Å²) in [6, 6.07) is 10.5. The molecule has 1 fully saturated rings. The SMILES string of the molecule is O=C(Cn1ccc2cc([N+](=O)[O-])ccc21)NCC(c1c(F)cccc1Cl)N1CCCC1. The average Bonchev–Trinajstić information content (AvgIpc) is 3.40. The Kier molecular flexibility index (Phi) is 6.20. The summed E-state index contributed by atoms with van der Waals surface area (Å²) in [6.45, 7) is 1.95. The molecule has 7 nitrogen and oxygen atoms in total. The summed E-state index contributed by atoms with van der Waals surface area (Å²) in [5.41, 5.74) is 1.14. The molecule has 2 aromatic carbocycles. The highest BCUT2D eigenvalue weighted by Crippen LogP contribution is 2.32. The van der Waals surface area contributed by atoms with Gasteiger partial charge in [-0.25, -0.2) is 4.39 Å². The summed E-state index contributed by atoms with van der Waals surface area (Å²) in [7, 11) is 0. The van der Waals surface area contributed by atoms with Crippen LogP contribution in [0.15, 0.2) is 48.7 Å². The third kappa shape index (κ3) is 4.55. The molecule has 1 aromatic heterocycles. The third-order valence-corrected chi connectivity index (χ3v) is 6.02. The molecular weight excluding hydrogens is 423 g/mol. The van der Waals surface area contributed by atoms with Gasteiger partial charge in [0.25, 0.3) is 5.69 Å². The molecule has 31 heavy (non-hydrogen) atoms. The Morgan fingerprint density at radius 1 is 1.23 bits per heavy atom. The van der Waals surface area contributed by atoms with Crippen molar-refractivity contribution in [1.82, 2.24) is 14.8 Å². The fraction of sp³-hybridized carbons (Fsp3) is 0.318. The highest BCUT2D eigenvalue weighted by Gasteiger charge is 2.28.